The molecule has 4 N–H and O–H groups in total. The molecule has 0 aliphatic heterocycles. The van der Waals surface area contributed by atoms with Gasteiger partial charge in [-0.2, -0.15) is 4.98 Å². The maximum atomic E-state index is 9.27. The number of aliphatic hydroxyl groups excluding tert-OH is 1. The number of aryl methyl sites for hydroxylation is 1. The number of nitrogens with two attached hydrogens (primary N) is 1. The molecular weight excluding hydrogens is 340 g/mol. The van der Waals surface area contributed by atoms with Gasteiger partial charge in [0.15, 0.2) is 11.6 Å². The first kappa shape index (κ1) is 21.0. The van der Waals surface area contributed by atoms with Crippen LogP contribution in [0.5, 0.6) is 5.75 Å². The molecule has 0 unspecified atom stereocenters. The Labute approximate surface area is 162 Å². The summed E-state index contributed by atoms with van der Waals surface area (Å²) in [5.74, 6) is 1.87. The van der Waals surface area contributed by atoms with E-state index in [1.54, 1.807) is 6.20 Å². The standard InChI is InChI=1S/C21H32N4O2/c1-2-3-8-18(12-13-26)15-23-20-19(16-24-21(22)25-20)27-14-7-11-17-9-5-4-6-10-17/h4-6,9-10,16,18,26H,2-3,7-8,11-15H2,1H3,(H3,22,23,24,25)/t18-/m0/s1. The molecule has 27 heavy (non-hydrogen) atoms. The third-order valence-corrected chi connectivity index (χ3v) is 4.55. The summed E-state index contributed by atoms with van der Waals surface area (Å²) in [5.41, 5.74) is 7.05. The fraction of sp³-hybridized carbons (Fsp3) is 0.524. The predicted octanol–water partition coefficient (Wildman–Crippen LogP) is 3.67. The van der Waals surface area contributed by atoms with E-state index in [9.17, 15) is 5.11 Å². The van der Waals surface area contributed by atoms with Crippen molar-refractivity contribution in [3.05, 3.63) is 42.1 Å². The number of nitrogen functional groups attached to an aromatic ring is 1. The number of nitrogens with one attached hydrogen (secondary N) is 1. The van der Waals surface area contributed by atoms with Crippen LogP contribution in [0, 0.1) is 5.92 Å². The molecule has 2 rings (SSSR count). The van der Waals surface area contributed by atoms with Crippen LogP contribution in [-0.2, 0) is 6.42 Å². The fourth-order valence-electron chi connectivity index (χ4n) is 2.98. The lowest BCUT2D eigenvalue weighted by Crippen LogP contribution is -2.18. The van der Waals surface area contributed by atoms with Crippen molar-refractivity contribution in [2.45, 2.75) is 45.4 Å². The van der Waals surface area contributed by atoms with Gasteiger partial charge in [0.1, 0.15) is 0 Å². The number of ether oxygens (including phenoxy) is 1. The van der Waals surface area contributed by atoms with Crippen molar-refractivity contribution in [2.24, 2.45) is 5.92 Å². The Morgan fingerprint density at radius 2 is 2.00 bits per heavy atom. The summed E-state index contributed by atoms with van der Waals surface area (Å²) in [6.07, 6.45) is 7.67. The van der Waals surface area contributed by atoms with Crippen LogP contribution in [0.25, 0.3) is 0 Å². The Kier molecular flexibility index (Phi) is 9.41. The second-order valence-corrected chi connectivity index (χ2v) is 6.78. The van der Waals surface area contributed by atoms with E-state index in [4.69, 9.17) is 10.5 Å². The minimum Gasteiger partial charge on any atom is -0.488 e. The highest BCUT2D eigenvalue weighted by Gasteiger charge is 2.12. The number of aromatic nitrogens is 2. The summed E-state index contributed by atoms with van der Waals surface area (Å²) in [7, 11) is 0. The van der Waals surface area contributed by atoms with E-state index in [0.717, 1.165) is 45.1 Å². The molecule has 1 aromatic carbocycles. The average Bonchev–Trinajstić information content (AvgIpc) is 2.69. The van der Waals surface area contributed by atoms with Crippen molar-refractivity contribution < 1.29 is 9.84 Å². The highest BCUT2D eigenvalue weighted by molar-refractivity contribution is 5.51. The van der Waals surface area contributed by atoms with Crippen molar-refractivity contribution >= 4 is 11.8 Å². The third kappa shape index (κ3) is 7.83. The van der Waals surface area contributed by atoms with Crippen LogP contribution in [0.2, 0.25) is 0 Å². The molecule has 6 nitrogen and oxygen atoms in total. The molecule has 0 aliphatic carbocycles. The van der Waals surface area contributed by atoms with Gasteiger partial charge in [0.05, 0.1) is 12.8 Å². The molecule has 0 bridgehead atoms. The van der Waals surface area contributed by atoms with E-state index in [1.165, 1.54) is 5.56 Å². The maximum absolute atomic E-state index is 9.27. The van der Waals surface area contributed by atoms with Crippen LogP contribution in [0.3, 0.4) is 0 Å². The smallest absolute Gasteiger partial charge is 0.222 e. The van der Waals surface area contributed by atoms with Crippen LogP contribution in [-0.4, -0.2) is 34.8 Å². The summed E-state index contributed by atoms with van der Waals surface area (Å²) in [6.45, 7) is 3.70. The number of aliphatic hydroxyl groups is 1. The number of unbranched alkanes of at least 4 members (excludes halogenated alkanes) is 1. The minimum atomic E-state index is 0.199. The lowest BCUT2D eigenvalue weighted by Gasteiger charge is -2.18. The molecule has 1 aromatic heterocycles. The Hall–Kier alpha value is -2.34. The molecule has 148 valence electrons. The number of nitrogens with zero attached hydrogens (tertiary/aromatic N) is 2. The molecule has 0 aliphatic rings. The molecule has 0 saturated heterocycles. The van der Waals surface area contributed by atoms with E-state index < -0.39 is 0 Å². The van der Waals surface area contributed by atoms with Gasteiger partial charge in [0.25, 0.3) is 0 Å². The summed E-state index contributed by atoms with van der Waals surface area (Å²) < 4.78 is 5.89. The van der Waals surface area contributed by atoms with Crippen LogP contribution in [0.4, 0.5) is 11.8 Å². The van der Waals surface area contributed by atoms with E-state index >= 15 is 0 Å². The van der Waals surface area contributed by atoms with Crippen molar-refractivity contribution in [2.75, 3.05) is 30.8 Å². The largest absolute Gasteiger partial charge is 0.488 e. The highest BCUT2D eigenvalue weighted by Crippen LogP contribution is 2.23. The van der Waals surface area contributed by atoms with Crippen molar-refractivity contribution in [3.63, 3.8) is 0 Å². The quantitative estimate of drug-likeness (QED) is 0.465. The molecule has 1 atom stereocenters. The lowest BCUT2D eigenvalue weighted by atomic mass is 9.99. The van der Waals surface area contributed by atoms with Gasteiger partial charge in [0.2, 0.25) is 5.95 Å². The molecule has 0 fully saturated rings. The first-order chi connectivity index (χ1) is 13.2. The molecule has 0 spiro atoms. The number of anilines is 2. The molecule has 0 amide bonds. The summed E-state index contributed by atoms with van der Waals surface area (Å²) in [5, 5.41) is 12.6. The first-order valence-electron chi connectivity index (χ1n) is 9.87. The van der Waals surface area contributed by atoms with Crippen LogP contribution in [0.15, 0.2) is 36.5 Å². The second kappa shape index (κ2) is 12.1. The minimum absolute atomic E-state index is 0.199. The molecule has 6 heteroatoms. The second-order valence-electron chi connectivity index (χ2n) is 6.78. The van der Waals surface area contributed by atoms with Gasteiger partial charge in [0, 0.05) is 13.2 Å². The van der Waals surface area contributed by atoms with Gasteiger partial charge in [-0.25, -0.2) is 4.98 Å². The van der Waals surface area contributed by atoms with Crippen LogP contribution < -0.4 is 15.8 Å². The van der Waals surface area contributed by atoms with Crippen LogP contribution >= 0.6 is 0 Å². The molecule has 1 heterocycles. The number of benzene rings is 1. The monoisotopic (exact) mass is 372 g/mol. The highest BCUT2D eigenvalue weighted by atomic mass is 16.5. The van der Waals surface area contributed by atoms with Gasteiger partial charge in [-0.05, 0) is 37.2 Å². The summed E-state index contributed by atoms with van der Waals surface area (Å²) in [6, 6.07) is 10.4. The van der Waals surface area contributed by atoms with Gasteiger partial charge in [-0.1, -0.05) is 50.1 Å². The van der Waals surface area contributed by atoms with E-state index in [1.807, 2.05) is 18.2 Å². The van der Waals surface area contributed by atoms with E-state index in [-0.39, 0.29) is 12.6 Å². The average molecular weight is 373 g/mol. The molecule has 0 radical (unpaired) electrons. The number of hydrogen-bond donors (Lipinski definition) is 3. The SMILES string of the molecule is CCCC[C@@H](CCO)CNc1nc(N)ncc1OCCCc1ccccc1. The van der Waals surface area contributed by atoms with Gasteiger partial charge >= 0.3 is 0 Å². The Balaban J connectivity index is 1.87. The fourth-order valence-corrected chi connectivity index (χ4v) is 2.98. The van der Waals surface area contributed by atoms with Gasteiger partial charge in [-0.15, -0.1) is 0 Å². The first-order valence-corrected chi connectivity index (χ1v) is 9.87. The molecule has 2 aromatic rings. The number of hydrogen-bond acceptors (Lipinski definition) is 6. The maximum Gasteiger partial charge on any atom is 0.222 e. The zero-order valence-electron chi connectivity index (χ0n) is 16.2. The molecular formula is C21H32N4O2. The zero-order valence-corrected chi connectivity index (χ0v) is 16.2. The Morgan fingerprint density at radius 3 is 2.74 bits per heavy atom. The lowest BCUT2D eigenvalue weighted by molar-refractivity contribution is 0.254. The number of rotatable bonds is 13. The summed E-state index contributed by atoms with van der Waals surface area (Å²) >= 11 is 0. The van der Waals surface area contributed by atoms with Crippen molar-refractivity contribution in [3.8, 4) is 5.75 Å². The van der Waals surface area contributed by atoms with Crippen LogP contribution in [0.1, 0.15) is 44.6 Å². The zero-order chi connectivity index (χ0) is 19.3. The van der Waals surface area contributed by atoms with Gasteiger partial charge in [-0.3, -0.25) is 0 Å². The van der Waals surface area contributed by atoms with E-state index in [0.29, 0.717) is 24.1 Å². The predicted molar refractivity (Wildman–Crippen MR) is 110 cm³/mol. The van der Waals surface area contributed by atoms with Crippen molar-refractivity contribution in [1.82, 2.24) is 9.97 Å². The normalized spacial score (nSPS) is 11.9. The third-order valence-electron chi connectivity index (χ3n) is 4.55. The Morgan fingerprint density at radius 1 is 1.19 bits per heavy atom. The van der Waals surface area contributed by atoms with Gasteiger partial charge < -0.3 is 20.9 Å². The summed E-state index contributed by atoms with van der Waals surface area (Å²) in [4.78, 5) is 8.34. The van der Waals surface area contributed by atoms with Crippen molar-refractivity contribution in [1.29, 1.82) is 0 Å². The molecule has 0 saturated carbocycles. The van der Waals surface area contributed by atoms with E-state index in [2.05, 4.69) is 34.3 Å². The topological polar surface area (TPSA) is 93.3 Å². The Bertz CT molecular complexity index is 652.